The van der Waals surface area contributed by atoms with E-state index in [2.05, 4.69) is 52.2 Å². The monoisotopic (exact) mass is 319 g/mol. The van der Waals surface area contributed by atoms with Gasteiger partial charge in [-0.15, -0.1) is 0 Å². The predicted octanol–water partition coefficient (Wildman–Crippen LogP) is 3.35. The van der Waals surface area contributed by atoms with E-state index in [0.29, 0.717) is 5.82 Å². The van der Waals surface area contributed by atoms with Crippen molar-refractivity contribution in [2.24, 2.45) is 0 Å². The van der Waals surface area contributed by atoms with E-state index in [1.165, 1.54) is 16.7 Å². The van der Waals surface area contributed by atoms with E-state index in [-0.39, 0.29) is 6.04 Å². The van der Waals surface area contributed by atoms with Crippen molar-refractivity contribution in [3.63, 3.8) is 0 Å². The summed E-state index contributed by atoms with van der Waals surface area (Å²) in [6.45, 7) is 4.19. The number of nitrogens with zero attached hydrogens (tertiary/aromatic N) is 1. The van der Waals surface area contributed by atoms with Crippen LogP contribution in [0.3, 0.4) is 0 Å². The number of aryl methyl sites for hydroxylation is 2. The summed E-state index contributed by atoms with van der Waals surface area (Å²) >= 11 is 3.60. The summed E-state index contributed by atoms with van der Waals surface area (Å²) in [5.74, 6) is 0.570. The van der Waals surface area contributed by atoms with Crippen LogP contribution in [0.4, 0.5) is 5.82 Å². The summed E-state index contributed by atoms with van der Waals surface area (Å²) in [6.07, 6.45) is 1.71. The number of halogens is 1. The molecule has 0 fully saturated rings. The lowest BCUT2D eigenvalue weighted by Crippen LogP contribution is -2.19. The van der Waals surface area contributed by atoms with Gasteiger partial charge < -0.3 is 11.1 Å². The van der Waals surface area contributed by atoms with Crippen molar-refractivity contribution in [1.82, 2.24) is 10.3 Å². The third kappa shape index (κ3) is 2.80. The number of nitrogens with one attached hydrogen (secondary N) is 1. The molecule has 3 nitrogen and oxygen atoms in total. The number of benzene rings is 1. The quantitative estimate of drug-likeness (QED) is 0.912. The number of nitrogen functional groups attached to an aromatic ring is 1. The first-order chi connectivity index (χ1) is 9.04. The predicted molar refractivity (Wildman–Crippen MR) is 83.2 cm³/mol. The van der Waals surface area contributed by atoms with Crippen molar-refractivity contribution >= 4 is 21.7 Å². The van der Waals surface area contributed by atoms with Crippen LogP contribution in [0.1, 0.15) is 28.3 Å². The van der Waals surface area contributed by atoms with Crippen molar-refractivity contribution in [2.45, 2.75) is 19.9 Å². The van der Waals surface area contributed by atoms with E-state index in [4.69, 9.17) is 5.73 Å². The Labute approximate surface area is 122 Å². The first-order valence-corrected chi connectivity index (χ1v) is 6.98. The molecular weight excluding hydrogens is 302 g/mol. The fourth-order valence-corrected chi connectivity index (χ4v) is 2.55. The van der Waals surface area contributed by atoms with Crippen molar-refractivity contribution < 1.29 is 0 Å². The molecule has 0 saturated carbocycles. The molecule has 0 aliphatic rings. The zero-order valence-electron chi connectivity index (χ0n) is 11.4. The minimum Gasteiger partial charge on any atom is -0.383 e. The summed E-state index contributed by atoms with van der Waals surface area (Å²) in [4.78, 5) is 4.16. The van der Waals surface area contributed by atoms with Crippen molar-refractivity contribution in [3.05, 3.63) is 57.2 Å². The molecule has 0 amide bonds. The van der Waals surface area contributed by atoms with Gasteiger partial charge in [-0.1, -0.05) is 34.1 Å². The molecule has 19 heavy (non-hydrogen) atoms. The molecule has 1 aromatic carbocycles. The molecule has 0 spiro atoms. The van der Waals surface area contributed by atoms with Crippen LogP contribution in [-0.2, 0) is 0 Å². The molecule has 0 bridgehead atoms. The summed E-state index contributed by atoms with van der Waals surface area (Å²) in [5.41, 5.74) is 10.6. The molecular formula is C15H18BrN3. The minimum atomic E-state index is 0.0548. The van der Waals surface area contributed by atoms with Gasteiger partial charge in [-0.3, -0.25) is 0 Å². The van der Waals surface area contributed by atoms with Gasteiger partial charge in [0, 0.05) is 16.2 Å². The molecule has 1 heterocycles. The maximum absolute atomic E-state index is 5.98. The molecule has 1 atom stereocenters. The topological polar surface area (TPSA) is 50.9 Å². The number of rotatable bonds is 3. The standard InChI is InChI=1S/C15H18BrN3/c1-9-7-11(8-10(2)13(9)16)14(18-3)12-5-4-6-19-15(12)17/h4-8,14,18H,1-3H3,(H2,17,19). The van der Waals surface area contributed by atoms with E-state index >= 15 is 0 Å². The second-order valence-corrected chi connectivity index (χ2v) is 5.46. The fraction of sp³-hybridized carbons (Fsp3) is 0.267. The third-order valence-corrected chi connectivity index (χ3v) is 4.51. The van der Waals surface area contributed by atoms with Crippen molar-refractivity contribution in [3.8, 4) is 0 Å². The zero-order chi connectivity index (χ0) is 14.0. The van der Waals surface area contributed by atoms with Gasteiger partial charge in [-0.25, -0.2) is 4.98 Å². The highest BCUT2D eigenvalue weighted by molar-refractivity contribution is 9.10. The maximum atomic E-state index is 5.98. The lowest BCUT2D eigenvalue weighted by Gasteiger charge is -2.20. The lowest BCUT2D eigenvalue weighted by atomic mass is 9.96. The number of pyridine rings is 1. The Morgan fingerprint density at radius 2 is 1.89 bits per heavy atom. The second kappa shape index (κ2) is 5.72. The van der Waals surface area contributed by atoms with Crippen LogP contribution >= 0.6 is 15.9 Å². The van der Waals surface area contributed by atoms with Gasteiger partial charge in [0.1, 0.15) is 5.82 Å². The van der Waals surface area contributed by atoms with Crippen LogP contribution in [0.25, 0.3) is 0 Å². The average Bonchev–Trinajstić information content (AvgIpc) is 2.39. The van der Waals surface area contributed by atoms with Crippen LogP contribution in [0.5, 0.6) is 0 Å². The normalized spacial score (nSPS) is 12.4. The first kappa shape index (κ1) is 14.0. The van der Waals surface area contributed by atoms with Crippen molar-refractivity contribution in [2.75, 3.05) is 12.8 Å². The smallest absolute Gasteiger partial charge is 0.128 e. The molecule has 1 unspecified atom stereocenters. The van der Waals surface area contributed by atoms with Gasteiger partial charge >= 0.3 is 0 Å². The summed E-state index contributed by atoms with van der Waals surface area (Å²) < 4.78 is 1.16. The molecule has 100 valence electrons. The highest BCUT2D eigenvalue weighted by Gasteiger charge is 2.16. The molecule has 1 aromatic heterocycles. The molecule has 0 radical (unpaired) electrons. The van der Waals surface area contributed by atoms with Gasteiger partial charge in [0.15, 0.2) is 0 Å². The molecule has 3 N–H and O–H groups in total. The molecule has 0 aliphatic heterocycles. The summed E-state index contributed by atoms with van der Waals surface area (Å²) in [6, 6.07) is 8.32. The Morgan fingerprint density at radius 3 is 2.42 bits per heavy atom. The Morgan fingerprint density at radius 1 is 1.26 bits per heavy atom. The third-order valence-electron chi connectivity index (χ3n) is 3.26. The van der Waals surface area contributed by atoms with Gasteiger partial charge in [0.25, 0.3) is 0 Å². The zero-order valence-corrected chi connectivity index (χ0v) is 13.0. The largest absolute Gasteiger partial charge is 0.383 e. The molecule has 0 saturated heterocycles. The molecule has 2 rings (SSSR count). The highest BCUT2D eigenvalue weighted by atomic mass is 79.9. The summed E-state index contributed by atoms with van der Waals surface area (Å²) in [7, 11) is 1.93. The van der Waals surface area contributed by atoms with Crippen LogP contribution < -0.4 is 11.1 Å². The van der Waals surface area contributed by atoms with Crippen LogP contribution in [-0.4, -0.2) is 12.0 Å². The van der Waals surface area contributed by atoms with Crippen LogP contribution in [0, 0.1) is 13.8 Å². The van der Waals surface area contributed by atoms with Crippen molar-refractivity contribution in [1.29, 1.82) is 0 Å². The average molecular weight is 320 g/mol. The van der Waals surface area contributed by atoms with Crippen LogP contribution in [0.15, 0.2) is 34.9 Å². The number of hydrogen-bond donors (Lipinski definition) is 2. The number of nitrogens with two attached hydrogens (primary N) is 1. The number of hydrogen-bond acceptors (Lipinski definition) is 3. The molecule has 2 aromatic rings. The van der Waals surface area contributed by atoms with Gasteiger partial charge in [0.05, 0.1) is 6.04 Å². The molecule has 0 aliphatic carbocycles. The lowest BCUT2D eigenvalue weighted by molar-refractivity contribution is 0.690. The van der Waals surface area contributed by atoms with E-state index in [1.54, 1.807) is 6.20 Å². The number of anilines is 1. The Hall–Kier alpha value is -1.39. The van der Waals surface area contributed by atoms with E-state index < -0.39 is 0 Å². The first-order valence-electron chi connectivity index (χ1n) is 6.19. The summed E-state index contributed by atoms with van der Waals surface area (Å²) in [5, 5.41) is 3.31. The van der Waals surface area contributed by atoms with Gasteiger partial charge in [0.2, 0.25) is 0 Å². The van der Waals surface area contributed by atoms with Gasteiger partial charge in [-0.05, 0) is 43.7 Å². The van der Waals surface area contributed by atoms with Gasteiger partial charge in [-0.2, -0.15) is 0 Å². The van der Waals surface area contributed by atoms with Crippen LogP contribution in [0.2, 0.25) is 0 Å². The maximum Gasteiger partial charge on any atom is 0.128 e. The Bertz CT molecular complexity index is 573. The SMILES string of the molecule is CNC(c1cc(C)c(Br)c(C)c1)c1cccnc1N. The van der Waals surface area contributed by atoms with E-state index in [9.17, 15) is 0 Å². The molecule has 4 heteroatoms. The highest BCUT2D eigenvalue weighted by Crippen LogP contribution is 2.30. The number of aromatic nitrogens is 1. The fourth-order valence-electron chi connectivity index (χ4n) is 2.32. The second-order valence-electron chi connectivity index (χ2n) is 4.67. The Kier molecular flexibility index (Phi) is 4.22. The Balaban J connectivity index is 2.52. The van der Waals surface area contributed by atoms with E-state index in [1.807, 2.05) is 19.2 Å². The minimum absolute atomic E-state index is 0.0548. The van der Waals surface area contributed by atoms with E-state index in [0.717, 1.165) is 10.0 Å².